The van der Waals surface area contributed by atoms with E-state index in [-0.39, 0.29) is 17.6 Å². The number of carbonyl (C=O) groups excluding carboxylic acids is 1. The second-order valence-corrected chi connectivity index (χ2v) is 7.73. The van der Waals surface area contributed by atoms with Gasteiger partial charge in [0.25, 0.3) is 5.56 Å². The first-order chi connectivity index (χ1) is 14.5. The molecule has 2 aromatic carbocycles. The Balaban J connectivity index is 1.48. The number of amides is 1. The molecular formula is C24H25N3O3. The highest BCUT2D eigenvalue weighted by Gasteiger charge is 2.15. The Morgan fingerprint density at radius 3 is 2.73 bits per heavy atom. The summed E-state index contributed by atoms with van der Waals surface area (Å²) in [5, 5.41) is 3.35. The molecule has 1 aliphatic rings. The van der Waals surface area contributed by atoms with Crippen molar-refractivity contribution in [2.45, 2.75) is 45.8 Å². The first-order valence-corrected chi connectivity index (χ1v) is 10.3. The van der Waals surface area contributed by atoms with E-state index in [1.54, 1.807) is 28.8 Å². The molecule has 0 bridgehead atoms. The van der Waals surface area contributed by atoms with E-state index < -0.39 is 0 Å². The molecule has 0 aliphatic carbocycles. The largest absolute Gasteiger partial charge is 0.491 e. The smallest absolute Gasteiger partial charge is 0.261 e. The Bertz CT molecular complexity index is 1160. The number of aromatic nitrogens is 2. The fraction of sp³-hybridized carbons (Fsp3) is 0.292. The van der Waals surface area contributed by atoms with Gasteiger partial charge in [-0.05, 0) is 68.7 Å². The average molecular weight is 403 g/mol. The van der Waals surface area contributed by atoms with Gasteiger partial charge in [0.1, 0.15) is 11.6 Å². The quantitative estimate of drug-likeness (QED) is 0.649. The van der Waals surface area contributed by atoms with Gasteiger partial charge in [0, 0.05) is 24.7 Å². The van der Waals surface area contributed by atoms with Gasteiger partial charge in [-0.1, -0.05) is 12.1 Å². The van der Waals surface area contributed by atoms with Crippen molar-refractivity contribution in [3.8, 4) is 5.75 Å². The zero-order chi connectivity index (χ0) is 21.1. The number of aryl methyl sites for hydroxylation is 1. The number of benzene rings is 2. The van der Waals surface area contributed by atoms with Gasteiger partial charge in [-0.2, -0.15) is 0 Å². The monoisotopic (exact) mass is 403 g/mol. The van der Waals surface area contributed by atoms with Gasteiger partial charge >= 0.3 is 0 Å². The van der Waals surface area contributed by atoms with Crippen molar-refractivity contribution in [1.82, 2.24) is 9.55 Å². The van der Waals surface area contributed by atoms with E-state index in [0.29, 0.717) is 23.1 Å². The van der Waals surface area contributed by atoms with Gasteiger partial charge in [0.15, 0.2) is 0 Å². The van der Waals surface area contributed by atoms with E-state index in [2.05, 4.69) is 10.3 Å². The van der Waals surface area contributed by atoms with E-state index in [4.69, 9.17) is 4.74 Å². The standard InChI is InChI=1S/C24H25N3O3/c1-16(2)30-19-10-6-17(7-11-19)8-13-23(28)25-18-9-12-21-20(15-18)24(29)27-14-4-3-5-22(27)26-21/h6-13,15-16H,3-5,14H2,1-2H3,(H,25,28). The Kier molecular flexibility index (Phi) is 5.65. The summed E-state index contributed by atoms with van der Waals surface area (Å²) in [6.07, 6.45) is 6.22. The van der Waals surface area contributed by atoms with Crippen molar-refractivity contribution >= 4 is 28.6 Å². The number of hydrogen-bond donors (Lipinski definition) is 1. The van der Waals surface area contributed by atoms with Crippen LogP contribution in [0.15, 0.2) is 53.3 Å². The van der Waals surface area contributed by atoms with Gasteiger partial charge < -0.3 is 10.1 Å². The maximum atomic E-state index is 12.8. The summed E-state index contributed by atoms with van der Waals surface area (Å²) < 4.78 is 7.37. The molecule has 0 radical (unpaired) electrons. The summed E-state index contributed by atoms with van der Waals surface area (Å²) >= 11 is 0. The first kappa shape index (κ1) is 19.9. The molecule has 2 heterocycles. The zero-order valence-corrected chi connectivity index (χ0v) is 17.2. The van der Waals surface area contributed by atoms with Crippen LogP contribution in [-0.4, -0.2) is 21.6 Å². The van der Waals surface area contributed by atoms with E-state index in [1.807, 2.05) is 38.1 Å². The third kappa shape index (κ3) is 4.43. The summed E-state index contributed by atoms with van der Waals surface area (Å²) in [6, 6.07) is 12.8. The highest BCUT2D eigenvalue weighted by molar-refractivity contribution is 6.02. The summed E-state index contributed by atoms with van der Waals surface area (Å²) in [4.78, 5) is 29.8. The van der Waals surface area contributed by atoms with Crippen LogP contribution in [0, 0.1) is 0 Å². The molecule has 0 spiro atoms. The molecule has 6 heteroatoms. The summed E-state index contributed by atoms with van der Waals surface area (Å²) in [6.45, 7) is 4.66. The van der Waals surface area contributed by atoms with E-state index >= 15 is 0 Å². The Labute approximate surface area is 175 Å². The van der Waals surface area contributed by atoms with Crippen LogP contribution in [0.4, 0.5) is 5.69 Å². The first-order valence-electron chi connectivity index (χ1n) is 10.3. The van der Waals surface area contributed by atoms with Crippen molar-refractivity contribution in [2.75, 3.05) is 5.32 Å². The lowest BCUT2D eigenvalue weighted by Crippen LogP contribution is -2.28. The van der Waals surface area contributed by atoms with Crippen LogP contribution in [0.5, 0.6) is 5.75 Å². The van der Waals surface area contributed by atoms with Crippen LogP contribution >= 0.6 is 0 Å². The number of ether oxygens (including phenoxy) is 1. The number of hydrogen-bond acceptors (Lipinski definition) is 4. The predicted molar refractivity (Wildman–Crippen MR) is 119 cm³/mol. The molecule has 4 rings (SSSR count). The predicted octanol–water partition coefficient (Wildman–Crippen LogP) is 4.17. The Morgan fingerprint density at radius 2 is 1.97 bits per heavy atom. The topological polar surface area (TPSA) is 73.2 Å². The number of anilines is 1. The molecule has 1 aromatic heterocycles. The molecule has 0 saturated carbocycles. The van der Waals surface area contributed by atoms with Crippen LogP contribution in [0.2, 0.25) is 0 Å². The number of rotatable bonds is 5. The number of carbonyl (C=O) groups is 1. The average Bonchev–Trinajstić information content (AvgIpc) is 2.73. The lowest BCUT2D eigenvalue weighted by molar-refractivity contribution is -0.111. The molecule has 6 nitrogen and oxygen atoms in total. The minimum Gasteiger partial charge on any atom is -0.491 e. The Hall–Kier alpha value is -3.41. The third-order valence-corrected chi connectivity index (χ3v) is 5.01. The van der Waals surface area contributed by atoms with Crippen LogP contribution in [0.3, 0.4) is 0 Å². The lowest BCUT2D eigenvalue weighted by atomic mass is 10.1. The molecule has 154 valence electrons. The van der Waals surface area contributed by atoms with E-state index in [9.17, 15) is 9.59 Å². The second-order valence-electron chi connectivity index (χ2n) is 7.73. The van der Waals surface area contributed by atoms with Crippen molar-refractivity contribution in [3.63, 3.8) is 0 Å². The van der Waals surface area contributed by atoms with Gasteiger partial charge in [0.2, 0.25) is 5.91 Å². The molecule has 3 aromatic rings. The summed E-state index contributed by atoms with van der Waals surface area (Å²) in [5.41, 5.74) is 2.11. The van der Waals surface area contributed by atoms with E-state index in [1.165, 1.54) is 6.08 Å². The second kappa shape index (κ2) is 8.53. The molecule has 0 fully saturated rings. The van der Waals surface area contributed by atoms with Crippen molar-refractivity contribution < 1.29 is 9.53 Å². The number of nitrogens with one attached hydrogen (secondary N) is 1. The maximum Gasteiger partial charge on any atom is 0.261 e. The fourth-order valence-corrected chi connectivity index (χ4v) is 3.60. The molecular weight excluding hydrogens is 378 g/mol. The van der Waals surface area contributed by atoms with Gasteiger partial charge in [-0.3, -0.25) is 14.2 Å². The van der Waals surface area contributed by atoms with Crippen molar-refractivity contribution in [3.05, 3.63) is 70.3 Å². The fourth-order valence-electron chi connectivity index (χ4n) is 3.60. The van der Waals surface area contributed by atoms with Gasteiger partial charge in [-0.25, -0.2) is 4.98 Å². The highest BCUT2D eigenvalue weighted by atomic mass is 16.5. The minimum atomic E-state index is -0.261. The van der Waals surface area contributed by atoms with Gasteiger partial charge in [-0.15, -0.1) is 0 Å². The lowest BCUT2D eigenvalue weighted by Gasteiger charge is -2.17. The number of nitrogens with zero attached hydrogens (tertiary/aromatic N) is 2. The molecule has 0 atom stereocenters. The third-order valence-electron chi connectivity index (χ3n) is 5.01. The summed E-state index contributed by atoms with van der Waals surface area (Å²) in [5.74, 6) is 1.39. The maximum absolute atomic E-state index is 12.8. The highest BCUT2D eigenvalue weighted by Crippen LogP contribution is 2.19. The van der Waals surface area contributed by atoms with Crippen LogP contribution in [0.1, 0.15) is 38.1 Å². The molecule has 0 saturated heterocycles. The zero-order valence-electron chi connectivity index (χ0n) is 17.2. The van der Waals surface area contributed by atoms with Crippen LogP contribution < -0.4 is 15.6 Å². The normalized spacial score (nSPS) is 13.6. The van der Waals surface area contributed by atoms with E-state index in [0.717, 1.165) is 36.4 Å². The molecule has 1 amide bonds. The molecule has 0 unspecified atom stereocenters. The van der Waals surface area contributed by atoms with Crippen molar-refractivity contribution in [1.29, 1.82) is 0 Å². The Morgan fingerprint density at radius 1 is 1.17 bits per heavy atom. The molecule has 30 heavy (non-hydrogen) atoms. The van der Waals surface area contributed by atoms with Crippen LogP contribution in [0.25, 0.3) is 17.0 Å². The summed E-state index contributed by atoms with van der Waals surface area (Å²) in [7, 11) is 0. The van der Waals surface area contributed by atoms with Gasteiger partial charge in [0.05, 0.1) is 17.0 Å². The SMILES string of the molecule is CC(C)Oc1ccc(C=CC(=O)Nc2ccc3nc4n(c(=O)c3c2)CCCC4)cc1. The number of fused-ring (bicyclic) bond motifs is 2. The van der Waals surface area contributed by atoms with Crippen LogP contribution in [-0.2, 0) is 17.8 Å². The minimum absolute atomic E-state index is 0.0370. The van der Waals surface area contributed by atoms with Crippen molar-refractivity contribution in [2.24, 2.45) is 0 Å². The molecule has 1 aliphatic heterocycles. The molecule has 1 N–H and O–H groups in total.